The van der Waals surface area contributed by atoms with E-state index in [1.807, 2.05) is 20.9 Å². The SMILES string of the molecule is COC(=O)c1ccc(C(=O)Nc2c(C)nn(C)c2C)cc1. The molecule has 0 saturated carbocycles. The van der Waals surface area contributed by atoms with Gasteiger partial charge < -0.3 is 10.1 Å². The Labute approximate surface area is 122 Å². The van der Waals surface area contributed by atoms with Gasteiger partial charge in [-0.2, -0.15) is 5.10 Å². The number of amides is 1. The smallest absolute Gasteiger partial charge is 0.337 e. The molecule has 1 heterocycles. The fraction of sp³-hybridized carbons (Fsp3) is 0.267. The summed E-state index contributed by atoms with van der Waals surface area (Å²) in [5.41, 5.74) is 3.22. The lowest BCUT2D eigenvalue weighted by Gasteiger charge is -2.06. The number of carbonyl (C=O) groups excluding carboxylic acids is 2. The molecule has 1 N–H and O–H groups in total. The van der Waals surface area contributed by atoms with Crippen LogP contribution in [0.5, 0.6) is 0 Å². The first-order valence-corrected chi connectivity index (χ1v) is 6.44. The summed E-state index contributed by atoms with van der Waals surface area (Å²) in [5.74, 6) is -0.675. The number of ether oxygens (including phenoxy) is 1. The standard InChI is InChI=1S/C15H17N3O3/c1-9-13(10(2)18(3)17-9)16-14(19)11-5-7-12(8-6-11)15(20)21-4/h5-8H,1-4H3,(H,16,19). The van der Waals surface area contributed by atoms with Crippen LogP contribution in [0.25, 0.3) is 0 Å². The van der Waals surface area contributed by atoms with Crippen molar-refractivity contribution in [1.29, 1.82) is 0 Å². The van der Waals surface area contributed by atoms with Gasteiger partial charge in [0.05, 0.1) is 29.7 Å². The molecule has 6 heteroatoms. The maximum Gasteiger partial charge on any atom is 0.337 e. The molecule has 0 fully saturated rings. The van der Waals surface area contributed by atoms with Gasteiger partial charge in [0.2, 0.25) is 0 Å². The van der Waals surface area contributed by atoms with Gasteiger partial charge in [-0.25, -0.2) is 4.79 Å². The van der Waals surface area contributed by atoms with Crippen molar-refractivity contribution >= 4 is 17.6 Å². The number of anilines is 1. The summed E-state index contributed by atoms with van der Waals surface area (Å²) in [5, 5.41) is 7.09. The van der Waals surface area contributed by atoms with Crippen molar-refractivity contribution in [3.05, 3.63) is 46.8 Å². The first-order valence-electron chi connectivity index (χ1n) is 6.44. The Morgan fingerprint density at radius 1 is 1.14 bits per heavy atom. The molecule has 110 valence electrons. The van der Waals surface area contributed by atoms with Crippen molar-refractivity contribution < 1.29 is 14.3 Å². The second kappa shape index (κ2) is 5.78. The van der Waals surface area contributed by atoms with Crippen LogP contribution in [-0.4, -0.2) is 28.8 Å². The summed E-state index contributed by atoms with van der Waals surface area (Å²) in [6, 6.07) is 6.29. The Balaban J connectivity index is 2.19. The monoisotopic (exact) mass is 287 g/mol. The van der Waals surface area contributed by atoms with Crippen LogP contribution in [0, 0.1) is 13.8 Å². The zero-order chi connectivity index (χ0) is 15.6. The van der Waals surface area contributed by atoms with Crippen LogP contribution in [0.15, 0.2) is 24.3 Å². The molecule has 1 amide bonds. The number of hydrogen-bond acceptors (Lipinski definition) is 4. The van der Waals surface area contributed by atoms with Crippen molar-refractivity contribution in [2.24, 2.45) is 7.05 Å². The van der Waals surface area contributed by atoms with E-state index in [2.05, 4.69) is 15.2 Å². The maximum atomic E-state index is 12.2. The highest BCUT2D eigenvalue weighted by Crippen LogP contribution is 2.19. The molecule has 2 aromatic rings. The van der Waals surface area contributed by atoms with Gasteiger partial charge in [0.15, 0.2) is 0 Å². The molecule has 0 saturated heterocycles. The fourth-order valence-corrected chi connectivity index (χ4v) is 2.02. The van der Waals surface area contributed by atoms with E-state index in [4.69, 9.17) is 0 Å². The molecule has 0 unspecified atom stereocenters. The molecule has 1 aromatic heterocycles. The molecular weight excluding hydrogens is 270 g/mol. The minimum Gasteiger partial charge on any atom is -0.465 e. The molecule has 2 rings (SSSR count). The second-order valence-electron chi connectivity index (χ2n) is 4.69. The highest BCUT2D eigenvalue weighted by molar-refractivity contribution is 6.05. The molecule has 0 radical (unpaired) electrons. The van der Waals surface area contributed by atoms with Crippen molar-refractivity contribution in [3.63, 3.8) is 0 Å². The number of benzene rings is 1. The summed E-state index contributed by atoms with van der Waals surface area (Å²) < 4.78 is 6.33. The third-order valence-corrected chi connectivity index (χ3v) is 3.32. The maximum absolute atomic E-state index is 12.2. The molecular formula is C15H17N3O3. The third-order valence-electron chi connectivity index (χ3n) is 3.32. The lowest BCUT2D eigenvalue weighted by atomic mass is 10.1. The van der Waals surface area contributed by atoms with E-state index in [0.29, 0.717) is 16.8 Å². The Kier molecular flexibility index (Phi) is 4.07. The number of esters is 1. The number of aromatic nitrogens is 2. The highest BCUT2D eigenvalue weighted by atomic mass is 16.5. The van der Waals surface area contributed by atoms with Crippen LogP contribution in [0.2, 0.25) is 0 Å². The van der Waals surface area contributed by atoms with Crippen LogP contribution in [0.4, 0.5) is 5.69 Å². The average molecular weight is 287 g/mol. The van der Waals surface area contributed by atoms with Crippen molar-refractivity contribution in [2.45, 2.75) is 13.8 Å². The van der Waals surface area contributed by atoms with Gasteiger partial charge in [0.25, 0.3) is 5.91 Å². The topological polar surface area (TPSA) is 73.2 Å². The fourth-order valence-electron chi connectivity index (χ4n) is 2.02. The molecule has 0 spiro atoms. The van der Waals surface area contributed by atoms with Crippen LogP contribution in [0.1, 0.15) is 32.1 Å². The normalized spacial score (nSPS) is 10.3. The molecule has 6 nitrogen and oxygen atoms in total. The molecule has 1 aromatic carbocycles. The van der Waals surface area contributed by atoms with Crippen molar-refractivity contribution in [3.8, 4) is 0 Å². The third kappa shape index (κ3) is 2.94. The predicted octanol–water partition coefficient (Wildman–Crippen LogP) is 2.08. The number of nitrogens with one attached hydrogen (secondary N) is 1. The van der Waals surface area contributed by atoms with Gasteiger partial charge in [-0.3, -0.25) is 9.48 Å². The molecule has 21 heavy (non-hydrogen) atoms. The van der Waals surface area contributed by atoms with E-state index in [9.17, 15) is 9.59 Å². The zero-order valence-corrected chi connectivity index (χ0v) is 12.4. The quantitative estimate of drug-likeness (QED) is 0.877. The van der Waals surface area contributed by atoms with Crippen molar-refractivity contribution in [2.75, 3.05) is 12.4 Å². The van der Waals surface area contributed by atoms with Gasteiger partial charge in [-0.1, -0.05) is 0 Å². The second-order valence-corrected chi connectivity index (χ2v) is 4.69. The average Bonchev–Trinajstić information content (AvgIpc) is 2.73. The number of carbonyl (C=O) groups is 2. The van der Waals surface area contributed by atoms with Crippen LogP contribution < -0.4 is 5.32 Å². The predicted molar refractivity (Wildman–Crippen MR) is 78.4 cm³/mol. The van der Waals surface area contributed by atoms with Crippen LogP contribution in [0.3, 0.4) is 0 Å². The number of rotatable bonds is 3. The molecule has 0 aliphatic carbocycles. The minimum absolute atomic E-state index is 0.245. The van der Waals surface area contributed by atoms with Gasteiger partial charge in [-0.05, 0) is 38.1 Å². The van der Waals surface area contributed by atoms with E-state index in [1.54, 1.807) is 28.9 Å². The lowest BCUT2D eigenvalue weighted by molar-refractivity contribution is 0.0600. The van der Waals surface area contributed by atoms with E-state index >= 15 is 0 Å². The zero-order valence-electron chi connectivity index (χ0n) is 12.4. The number of aryl methyl sites for hydroxylation is 2. The molecule has 0 aliphatic heterocycles. The minimum atomic E-state index is -0.430. The Hall–Kier alpha value is -2.63. The van der Waals surface area contributed by atoms with Gasteiger partial charge in [0.1, 0.15) is 0 Å². The van der Waals surface area contributed by atoms with Crippen LogP contribution >= 0.6 is 0 Å². The lowest BCUT2D eigenvalue weighted by Crippen LogP contribution is -2.13. The summed E-state index contributed by atoms with van der Waals surface area (Å²) in [4.78, 5) is 23.6. The summed E-state index contributed by atoms with van der Waals surface area (Å²) >= 11 is 0. The first kappa shape index (κ1) is 14.8. The Bertz CT molecular complexity index is 687. The number of methoxy groups -OCH3 is 1. The number of hydrogen-bond donors (Lipinski definition) is 1. The summed E-state index contributed by atoms with van der Waals surface area (Å²) in [6.07, 6.45) is 0. The first-order chi connectivity index (χ1) is 9.93. The summed E-state index contributed by atoms with van der Waals surface area (Å²) in [6.45, 7) is 3.72. The van der Waals surface area contributed by atoms with E-state index in [1.165, 1.54) is 7.11 Å². The van der Waals surface area contributed by atoms with Gasteiger partial charge in [-0.15, -0.1) is 0 Å². The molecule has 0 aliphatic rings. The van der Waals surface area contributed by atoms with Crippen LogP contribution in [-0.2, 0) is 11.8 Å². The Morgan fingerprint density at radius 2 is 1.71 bits per heavy atom. The largest absolute Gasteiger partial charge is 0.465 e. The summed E-state index contributed by atoms with van der Waals surface area (Å²) in [7, 11) is 3.14. The van der Waals surface area contributed by atoms with Crippen molar-refractivity contribution in [1.82, 2.24) is 9.78 Å². The number of nitrogens with zero attached hydrogens (tertiary/aromatic N) is 2. The van der Waals surface area contributed by atoms with Gasteiger partial charge >= 0.3 is 5.97 Å². The molecule has 0 bridgehead atoms. The van der Waals surface area contributed by atoms with E-state index < -0.39 is 5.97 Å². The highest BCUT2D eigenvalue weighted by Gasteiger charge is 2.14. The molecule has 0 atom stereocenters. The van der Waals surface area contributed by atoms with E-state index in [-0.39, 0.29) is 5.91 Å². The van der Waals surface area contributed by atoms with Gasteiger partial charge in [0, 0.05) is 12.6 Å². The Morgan fingerprint density at radius 3 is 2.19 bits per heavy atom. The van der Waals surface area contributed by atoms with E-state index in [0.717, 1.165) is 11.4 Å².